The molecule has 0 aliphatic carbocycles. The second kappa shape index (κ2) is 11.8. The molecular weight excluding hydrogens is 531 g/mol. The largest absolute Gasteiger partial charge is 0.480 e. The average molecular weight is 555 g/mol. The molecule has 0 radical (unpaired) electrons. The maximum Gasteiger partial charge on any atom is 0.343 e. The van der Waals surface area contributed by atoms with Crippen molar-refractivity contribution in [3.63, 3.8) is 0 Å². The van der Waals surface area contributed by atoms with E-state index in [9.17, 15) is 23.3 Å². The Kier molecular flexibility index (Phi) is 9.00. The van der Waals surface area contributed by atoms with Crippen LogP contribution in [0.5, 0.6) is 5.88 Å². The Balaban J connectivity index is 1.68. The minimum Gasteiger partial charge on any atom is -0.480 e. The normalized spacial score (nSPS) is 14.1. The number of halogens is 2. The summed E-state index contributed by atoms with van der Waals surface area (Å²) in [4.78, 5) is 31.0. The topological polar surface area (TPSA) is 139 Å². The number of nitrogens with zero attached hydrogens (tertiary/aromatic N) is 3. The van der Waals surface area contributed by atoms with E-state index in [1.165, 1.54) is 31.4 Å². The van der Waals surface area contributed by atoms with Crippen molar-refractivity contribution in [1.82, 2.24) is 9.71 Å². The number of carbonyl (C=O) groups excluding carboxylic acids is 2. The number of amides is 1. The maximum atomic E-state index is 12.7. The first-order valence-corrected chi connectivity index (χ1v) is 13.4. The van der Waals surface area contributed by atoms with Crippen LogP contribution >= 0.6 is 23.2 Å². The molecule has 3 rings (SSSR count). The summed E-state index contributed by atoms with van der Waals surface area (Å²) in [5.74, 6) is -1.94. The number of sulfonamides is 1. The quantitative estimate of drug-likeness (QED) is 0.486. The Morgan fingerprint density at radius 1 is 1.25 bits per heavy atom. The van der Waals surface area contributed by atoms with Crippen LogP contribution in [0.3, 0.4) is 0 Å². The third kappa shape index (κ3) is 6.57. The summed E-state index contributed by atoms with van der Waals surface area (Å²) in [6, 6.07) is 7.85. The molecule has 192 valence electrons. The van der Waals surface area contributed by atoms with E-state index in [-0.39, 0.29) is 28.6 Å². The zero-order valence-electron chi connectivity index (χ0n) is 19.6. The van der Waals surface area contributed by atoms with Gasteiger partial charge >= 0.3 is 5.97 Å². The van der Waals surface area contributed by atoms with Crippen LogP contribution in [-0.2, 0) is 25.3 Å². The summed E-state index contributed by atoms with van der Waals surface area (Å²) in [7, 11) is -2.62. The van der Waals surface area contributed by atoms with Crippen molar-refractivity contribution in [2.45, 2.75) is 25.5 Å². The van der Waals surface area contributed by atoms with Crippen molar-refractivity contribution < 1.29 is 27.5 Å². The van der Waals surface area contributed by atoms with Gasteiger partial charge in [0.2, 0.25) is 21.8 Å². The summed E-state index contributed by atoms with van der Waals surface area (Å²) in [5.41, 5.74) is 0.524. The lowest BCUT2D eigenvalue weighted by atomic mass is 9.96. The van der Waals surface area contributed by atoms with Gasteiger partial charge in [0.15, 0.2) is 5.82 Å². The molecular formula is C23H24Cl2N4O6S. The fourth-order valence-electron chi connectivity index (χ4n) is 3.79. The first-order chi connectivity index (χ1) is 17.1. The van der Waals surface area contributed by atoms with E-state index in [1.807, 2.05) is 6.07 Å². The maximum absolute atomic E-state index is 12.7. The van der Waals surface area contributed by atoms with Crippen LogP contribution in [0.1, 0.15) is 41.3 Å². The molecule has 1 amide bonds. The Labute approximate surface area is 219 Å². The van der Waals surface area contributed by atoms with Crippen molar-refractivity contribution in [2.24, 2.45) is 5.92 Å². The van der Waals surface area contributed by atoms with Gasteiger partial charge in [0.1, 0.15) is 11.6 Å². The lowest BCUT2D eigenvalue weighted by Crippen LogP contribution is -2.43. The Morgan fingerprint density at radius 2 is 1.94 bits per heavy atom. The third-order valence-electron chi connectivity index (χ3n) is 5.56. The van der Waals surface area contributed by atoms with Crippen molar-refractivity contribution in [3.8, 4) is 11.9 Å². The van der Waals surface area contributed by atoms with E-state index in [2.05, 4.69) is 9.71 Å². The molecule has 1 fully saturated rings. The summed E-state index contributed by atoms with van der Waals surface area (Å²) in [6.45, 7) is 2.49. The van der Waals surface area contributed by atoms with Crippen molar-refractivity contribution in [1.29, 1.82) is 5.26 Å². The van der Waals surface area contributed by atoms with Gasteiger partial charge in [0.25, 0.3) is 0 Å². The number of piperidine rings is 1. The lowest BCUT2D eigenvalue weighted by Gasteiger charge is -2.32. The zero-order valence-corrected chi connectivity index (χ0v) is 21.9. The van der Waals surface area contributed by atoms with Gasteiger partial charge in [0.05, 0.1) is 25.0 Å². The number of aromatic nitrogens is 1. The number of rotatable bonds is 8. The van der Waals surface area contributed by atoms with Crippen LogP contribution in [-0.4, -0.2) is 52.1 Å². The zero-order chi connectivity index (χ0) is 26.5. The molecule has 2 heterocycles. The molecule has 1 aromatic carbocycles. The van der Waals surface area contributed by atoms with E-state index >= 15 is 0 Å². The smallest absolute Gasteiger partial charge is 0.343 e. The molecule has 1 aliphatic rings. The summed E-state index contributed by atoms with van der Waals surface area (Å²) < 4.78 is 37.4. The van der Waals surface area contributed by atoms with Crippen LogP contribution in [0.25, 0.3) is 0 Å². The van der Waals surface area contributed by atoms with Gasteiger partial charge < -0.3 is 14.4 Å². The molecule has 2 aromatic rings. The van der Waals surface area contributed by atoms with E-state index < -0.39 is 33.6 Å². The van der Waals surface area contributed by atoms with Gasteiger partial charge in [-0.15, -0.1) is 0 Å². The van der Waals surface area contributed by atoms with Crippen LogP contribution in [0.4, 0.5) is 5.82 Å². The standard InChI is InChI=1S/C23H24Cl2N4O6S/c1-3-35-23(31)18-10-16(12-26)20(27-22(18)34-2)29-8-6-14(7-9-29)21(30)28-36(32,33)13-15-4-5-17(24)11-19(15)25/h4-5,10-11,14H,3,6-9,13H2,1-2H3,(H,28,30). The van der Waals surface area contributed by atoms with E-state index in [0.29, 0.717) is 42.3 Å². The molecule has 0 spiro atoms. The van der Waals surface area contributed by atoms with Gasteiger partial charge in [0, 0.05) is 29.1 Å². The fraction of sp³-hybridized carbons (Fsp3) is 0.391. The van der Waals surface area contributed by atoms with Crippen LogP contribution in [0, 0.1) is 17.2 Å². The molecule has 1 N–H and O–H groups in total. The van der Waals surface area contributed by atoms with Gasteiger partial charge in [-0.05, 0) is 43.5 Å². The first kappa shape index (κ1) is 27.5. The predicted octanol–water partition coefficient (Wildman–Crippen LogP) is 3.31. The Hall–Kier alpha value is -3.07. The molecule has 0 unspecified atom stereocenters. The number of ether oxygens (including phenoxy) is 2. The molecule has 10 nitrogen and oxygen atoms in total. The minimum absolute atomic E-state index is 0.0225. The number of pyridine rings is 1. The van der Waals surface area contributed by atoms with Crippen LogP contribution in [0.15, 0.2) is 24.3 Å². The molecule has 36 heavy (non-hydrogen) atoms. The number of esters is 1. The van der Waals surface area contributed by atoms with Crippen LogP contribution in [0.2, 0.25) is 10.0 Å². The number of benzene rings is 1. The molecule has 1 aliphatic heterocycles. The van der Waals surface area contributed by atoms with E-state index in [4.69, 9.17) is 32.7 Å². The van der Waals surface area contributed by atoms with Gasteiger partial charge in [-0.3, -0.25) is 9.52 Å². The molecule has 1 saturated heterocycles. The van der Waals surface area contributed by atoms with Gasteiger partial charge in [-0.25, -0.2) is 13.2 Å². The number of nitrogens with one attached hydrogen (secondary N) is 1. The van der Waals surface area contributed by atoms with Crippen LogP contribution < -0.4 is 14.4 Å². The fourth-order valence-corrected chi connectivity index (χ4v) is 5.55. The van der Waals surface area contributed by atoms with Crippen molar-refractivity contribution in [2.75, 3.05) is 31.7 Å². The summed E-state index contributed by atoms with van der Waals surface area (Å²) in [6.07, 6.45) is 0.662. The SMILES string of the molecule is CCOC(=O)c1cc(C#N)c(N2CCC(C(=O)NS(=O)(=O)Cc3ccc(Cl)cc3Cl)CC2)nc1OC. The first-order valence-electron chi connectivity index (χ1n) is 11.0. The Bertz CT molecular complexity index is 1300. The summed E-state index contributed by atoms with van der Waals surface area (Å²) >= 11 is 11.9. The van der Waals surface area contributed by atoms with E-state index in [1.54, 1.807) is 11.8 Å². The minimum atomic E-state index is -3.98. The van der Waals surface area contributed by atoms with Gasteiger partial charge in [-0.2, -0.15) is 10.2 Å². The number of nitriles is 1. The molecule has 13 heteroatoms. The second-order valence-corrected chi connectivity index (χ2v) is 10.5. The highest BCUT2D eigenvalue weighted by atomic mass is 35.5. The molecule has 0 atom stereocenters. The summed E-state index contributed by atoms with van der Waals surface area (Å²) in [5, 5.41) is 10.2. The van der Waals surface area contributed by atoms with E-state index in [0.717, 1.165) is 0 Å². The highest BCUT2D eigenvalue weighted by molar-refractivity contribution is 7.89. The number of carbonyl (C=O) groups is 2. The highest BCUT2D eigenvalue weighted by Gasteiger charge is 2.30. The molecule has 0 saturated carbocycles. The third-order valence-corrected chi connectivity index (χ3v) is 7.35. The number of hydrogen-bond acceptors (Lipinski definition) is 9. The van der Waals surface area contributed by atoms with Crippen molar-refractivity contribution >= 4 is 50.9 Å². The van der Waals surface area contributed by atoms with Gasteiger partial charge in [-0.1, -0.05) is 29.3 Å². The molecule has 1 aromatic heterocycles. The second-order valence-electron chi connectivity index (χ2n) is 7.97. The highest BCUT2D eigenvalue weighted by Crippen LogP contribution is 2.30. The Morgan fingerprint density at radius 3 is 2.53 bits per heavy atom. The molecule has 0 bridgehead atoms. The monoisotopic (exact) mass is 554 g/mol. The lowest BCUT2D eigenvalue weighted by molar-refractivity contribution is -0.123. The number of anilines is 1. The van der Waals surface area contributed by atoms with Crippen molar-refractivity contribution in [3.05, 3.63) is 51.0 Å². The predicted molar refractivity (Wildman–Crippen MR) is 134 cm³/mol. The average Bonchev–Trinajstić information content (AvgIpc) is 2.84. The number of hydrogen-bond donors (Lipinski definition) is 1. The number of methoxy groups -OCH3 is 1.